The van der Waals surface area contributed by atoms with Crippen LogP contribution in [0, 0.1) is 0 Å². The van der Waals surface area contributed by atoms with Crippen LogP contribution in [0.3, 0.4) is 0 Å². The second-order valence-electron chi connectivity index (χ2n) is 3.78. The summed E-state index contributed by atoms with van der Waals surface area (Å²) < 4.78 is 5.12. The van der Waals surface area contributed by atoms with Gasteiger partial charge in [-0.15, -0.1) is 10.2 Å². The molecule has 0 aliphatic heterocycles. The largest absolute Gasteiger partial charge is 0.394 e. The molecule has 0 aliphatic rings. The van der Waals surface area contributed by atoms with E-state index < -0.39 is 0 Å². The molecule has 0 bridgehead atoms. The van der Waals surface area contributed by atoms with Crippen molar-refractivity contribution in [3.63, 3.8) is 0 Å². The highest BCUT2D eigenvalue weighted by atomic mass is 16.5. The molecule has 0 aliphatic carbocycles. The Labute approximate surface area is 112 Å². The summed E-state index contributed by atoms with van der Waals surface area (Å²) in [6, 6.07) is 3.34. The molecule has 19 heavy (non-hydrogen) atoms. The predicted molar refractivity (Wildman–Crippen MR) is 71.1 cm³/mol. The highest BCUT2D eigenvalue weighted by Crippen LogP contribution is 2.02. The molecule has 0 radical (unpaired) electrons. The van der Waals surface area contributed by atoms with Gasteiger partial charge < -0.3 is 20.5 Å². The lowest BCUT2D eigenvalue weighted by molar-refractivity contribution is 0.0922. The van der Waals surface area contributed by atoms with Crippen molar-refractivity contribution in [2.24, 2.45) is 0 Å². The van der Waals surface area contributed by atoms with E-state index in [1.165, 1.54) is 0 Å². The predicted octanol–water partition coefficient (Wildman–Crippen LogP) is 0.0372. The monoisotopic (exact) mass is 268 g/mol. The van der Waals surface area contributed by atoms with Gasteiger partial charge in [-0.1, -0.05) is 0 Å². The fourth-order valence-corrected chi connectivity index (χ4v) is 1.36. The Balaban J connectivity index is 2.26. The van der Waals surface area contributed by atoms with Crippen LogP contribution < -0.4 is 10.6 Å². The first kappa shape index (κ1) is 15.3. The van der Waals surface area contributed by atoms with E-state index in [0.717, 1.165) is 6.42 Å². The van der Waals surface area contributed by atoms with Crippen LogP contribution in [0.2, 0.25) is 0 Å². The van der Waals surface area contributed by atoms with Gasteiger partial charge in [-0.05, 0) is 25.5 Å². The van der Waals surface area contributed by atoms with Gasteiger partial charge in [0.1, 0.15) is 5.82 Å². The van der Waals surface area contributed by atoms with E-state index in [-0.39, 0.29) is 12.5 Å². The first-order valence-electron chi connectivity index (χ1n) is 6.32. The Bertz CT molecular complexity index is 370. The van der Waals surface area contributed by atoms with E-state index in [9.17, 15) is 4.79 Å². The fourth-order valence-electron chi connectivity index (χ4n) is 1.36. The maximum absolute atomic E-state index is 11.4. The summed E-state index contributed by atoms with van der Waals surface area (Å²) in [7, 11) is 0. The molecule has 1 aromatic rings. The highest BCUT2D eigenvalue weighted by molar-refractivity contribution is 5.92. The second kappa shape index (κ2) is 9.23. The number of aliphatic hydroxyl groups excluding tert-OH is 1. The van der Waals surface area contributed by atoms with Crippen molar-refractivity contribution in [2.75, 3.05) is 38.2 Å². The molecule has 7 nitrogen and oxygen atoms in total. The highest BCUT2D eigenvalue weighted by Gasteiger charge is 2.05. The van der Waals surface area contributed by atoms with Crippen molar-refractivity contribution >= 4 is 11.7 Å². The maximum atomic E-state index is 11.4. The van der Waals surface area contributed by atoms with E-state index in [1.54, 1.807) is 12.1 Å². The number of anilines is 1. The number of carbonyl (C=O) groups excluding carboxylic acids is 1. The fraction of sp³-hybridized carbons (Fsp3) is 0.583. The maximum Gasteiger partial charge on any atom is 0.271 e. The number of nitrogens with zero attached hydrogens (tertiary/aromatic N) is 2. The summed E-state index contributed by atoms with van der Waals surface area (Å²) in [5.41, 5.74) is 0.304. The Kier molecular flexibility index (Phi) is 7.45. The van der Waals surface area contributed by atoms with E-state index in [1.807, 2.05) is 6.92 Å². The van der Waals surface area contributed by atoms with Crippen molar-refractivity contribution in [2.45, 2.75) is 13.3 Å². The zero-order valence-electron chi connectivity index (χ0n) is 11.1. The molecule has 0 unspecified atom stereocenters. The number of aliphatic hydroxyl groups is 1. The number of nitrogens with one attached hydrogen (secondary N) is 2. The van der Waals surface area contributed by atoms with Crippen LogP contribution in [-0.4, -0.2) is 54.1 Å². The minimum atomic E-state index is -0.223. The molecular formula is C12H20N4O3. The van der Waals surface area contributed by atoms with Gasteiger partial charge in [0.2, 0.25) is 0 Å². The number of amides is 1. The topological polar surface area (TPSA) is 96.4 Å². The third-order valence-corrected chi connectivity index (χ3v) is 2.24. The van der Waals surface area contributed by atoms with Crippen LogP contribution in [0.4, 0.5) is 5.82 Å². The zero-order valence-corrected chi connectivity index (χ0v) is 11.1. The first-order valence-corrected chi connectivity index (χ1v) is 6.32. The average Bonchev–Trinajstić information content (AvgIpc) is 2.43. The minimum absolute atomic E-state index is 0.0419. The van der Waals surface area contributed by atoms with Crippen molar-refractivity contribution in [1.82, 2.24) is 15.5 Å². The summed E-state index contributed by atoms with van der Waals surface area (Å²) in [6.07, 6.45) is 0.805. The van der Waals surface area contributed by atoms with Gasteiger partial charge in [-0.3, -0.25) is 4.79 Å². The van der Waals surface area contributed by atoms with Crippen LogP contribution in [-0.2, 0) is 4.74 Å². The quantitative estimate of drug-likeness (QED) is 0.547. The lowest BCUT2D eigenvalue weighted by Gasteiger charge is -2.06. The summed E-state index contributed by atoms with van der Waals surface area (Å²) in [5.74, 6) is 0.397. The van der Waals surface area contributed by atoms with E-state index in [2.05, 4.69) is 20.8 Å². The minimum Gasteiger partial charge on any atom is -0.394 e. The number of hydrogen-bond acceptors (Lipinski definition) is 6. The van der Waals surface area contributed by atoms with Gasteiger partial charge in [0, 0.05) is 19.7 Å². The summed E-state index contributed by atoms with van der Waals surface area (Å²) in [5, 5.41) is 22.0. The summed E-state index contributed by atoms with van der Waals surface area (Å²) in [4.78, 5) is 11.4. The van der Waals surface area contributed by atoms with Gasteiger partial charge >= 0.3 is 0 Å². The normalized spacial score (nSPS) is 10.2. The van der Waals surface area contributed by atoms with Crippen LogP contribution in [0.5, 0.6) is 0 Å². The standard InChI is InChI=1S/C12H20N4O3/c1-2-13-12(18)10-4-5-11(16-15-10)14-6-3-8-19-9-7-17/h4-5,17H,2-3,6-9H2,1H3,(H,13,18)(H,14,16). The molecule has 0 spiro atoms. The zero-order chi connectivity index (χ0) is 13.9. The lowest BCUT2D eigenvalue weighted by atomic mass is 10.3. The molecule has 1 aromatic heterocycles. The first-order chi connectivity index (χ1) is 9.27. The Morgan fingerprint density at radius 2 is 2.21 bits per heavy atom. The molecule has 1 amide bonds. The third-order valence-electron chi connectivity index (χ3n) is 2.24. The van der Waals surface area contributed by atoms with Crippen LogP contribution in [0.25, 0.3) is 0 Å². The smallest absolute Gasteiger partial charge is 0.271 e. The Hall–Kier alpha value is -1.73. The number of carbonyl (C=O) groups is 1. The van der Waals surface area contributed by atoms with Crippen molar-refractivity contribution in [1.29, 1.82) is 0 Å². The molecule has 1 rings (SSSR count). The SMILES string of the molecule is CCNC(=O)c1ccc(NCCCOCCO)nn1. The number of hydrogen-bond donors (Lipinski definition) is 3. The molecule has 106 valence electrons. The van der Waals surface area contributed by atoms with E-state index >= 15 is 0 Å². The number of aromatic nitrogens is 2. The summed E-state index contributed by atoms with van der Waals surface area (Å²) >= 11 is 0. The van der Waals surface area contributed by atoms with Crippen LogP contribution >= 0.6 is 0 Å². The van der Waals surface area contributed by atoms with E-state index in [0.29, 0.717) is 37.8 Å². The number of rotatable bonds is 9. The molecular weight excluding hydrogens is 248 g/mol. The molecule has 3 N–H and O–H groups in total. The van der Waals surface area contributed by atoms with Gasteiger partial charge in [-0.2, -0.15) is 0 Å². The Morgan fingerprint density at radius 1 is 1.37 bits per heavy atom. The lowest BCUT2D eigenvalue weighted by Crippen LogP contribution is -2.24. The van der Waals surface area contributed by atoms with Crippen molar-refractivity contribution in [3.8, 4) is 0 Å². The van der Waals surface area contributed by atoms with Gasteiger partial charge in [0.05, 0.1) is 13.2 Å². The number of ether oxygens (including phenoxy) is 1. The van der Waals surface area contributed by atoms with Gasteiger partial charge in [0.25, 0.3) is 5.91 Å². The van der Waals surface area contributed by atoms with Crippen LogP contribution in [0.15, 0.2) is 12.1 Å². The molecule has 0 saturated carbocycles. The molecule has 7 heteroatoms. The Morgan fingerprint density at radius 3 is 2.84 bits per heavy atom. The molecule has 1 heterocycles. The molecule has 0 saturated heterocycles. The average molecular weight is 268 g/mol. The third kappa shape index (κ3) is 6.12. The van der Waals surface area contributed by atoms with Crippen molar-refractivity contribution in [3.05, 3.63) is 17.8 Å². The second-order valence-corrected chi connectivity index (χ2v) is 3.78. The van der Waals surface area contributed by atoms with Gasteiger partial charge in [-0.25, -0.2) is 0 Å². The van der Waals surface area contributed by atoms with Crippen molar-refractivity contribution < 1.29 is 14.6 Å². The summed E-state index contributed by atoms with van der Waals surface area (Å²) in [6.45, 7) is 4.09. The molecule has 0 fully saturated rings. The van der Waals surface area contributed by atoms with E-state index in [4.69, 9.17) is 9.84 Å². The molecule has 0 aromatic carbocycles. The molecule has 0 atom stereocenters. The van der Waals surface area contributed by atoms with Crippen LogP contribution in [0.1, 0.15) is 23.8 Å². The van der Waals surface area contributed by atoms with Gasteiger partial charge in [0.15, 0.2) is 5.69 Å².